The van der Waals surface area contributed by atoms with Gasteiger partial charge in [-0.25, -0.2) is 5.06 Å². The van der Waals surface area contributed by atoms with Crippen LogP contribution in [-0.4, -0.2) is 30.7 Å². The quantitative estimate of drug-likeness (QED) is 0.605. The second-order valence-corrected chi connectivity index (χ2v) is 2.64. The molecule has 2 N–H and O–H groups in total. The van der Waals surface area contributed by atoms with Crippen LogP contribution in [-0.2, 0) is 9.63 Å². The molecule has 0 bridgehead atoms. The number of carbonyl (C=O) groups is 1. The van der Waals surface area contributed by atoms with Crippen LogP contribution in [0.5, 0.6) is 0 Å². The lowest BCUT2D eigenvalue weighted by molar-refractivity contribution is -0.171. The van der Waals surface area contributed by atoms with E-state index in [9.17, 15) is 4.79 Å². The minimum Gasteiger partial charge on any atom is -0.317 e. The normalized spacial score (nSPS) is 18.5. The van der Waals surface area contributed by atoms with Crippen molar-refractivity contribution in [1.82, 2.24) is 5.06 Å². The van der Waals surface area contributed by atoms with Gasteiger partial charge in [0.15, 0.2) is 0 Å². The Hall–Kier alpha value is -0.320. The summed E-state index contributed by atoms with van der Waals surface area (Å²) in [6.45, 7) is 0. The molecule has 1 aliphatic rings. The molecule has 0 aromatic carbocycles. The number of hydrogen-bond acceptors (Lipinski definition) is 3. The molecule has 0 heterocycles. The molecule has 5 heteroatoms. The summed E-state index contributed by atoms with van der Waals surface area (Å²) >= 11 is 0. The Bertz CT molecular complexity index is 159. The molecule has 0 aromatic heterocycles. The molecule has 0 unspecified atom stereocenters. The maximum atomic E-state index is 11.1. The fourth-order valence-electron chi connectivity index (χ4n) is 0.745. The van der Waals surface area contributed by atoms with Crippen molar-refractivity contribution in [3.8, 4) is 0 Å². The van der Waals surface area contributed by atoms with E-state index >= 15 is 0 Å². The van der Waals surface area contributed by atoms with Crippen LogP contribution in [0.2, 0.25) is 0 Å². The fraction of sp³-hybridized carbons (Fsp3) is 0.833. The Kier molecular flexibility index (Phi) is 3.29. The number of rotatable bonds is 2. The van der Waals surface area contributed by atoms with E-state index in [2.05, 4.69) is 4.84 Å². The van der Waals surface area contributed by atoms with E-state index in [-0.39, 0.29) is 18.3 Å². The summed E-state index contributed by atoms with van der Waals surface area (Å²) in [5, 5.41) is 1.17. The van der Waals surface area contributed by atoms with Gasteiger partial charge in [-0.3, -0.25) is 9.63 Å². The van der Waals surface area contributed by atoms with E-state index in [1.165, 1.54) is 12.2 Å². The van der Waals surface area contributed by atoms with Gasteiger partial charge < -0.3 is 5.73 Å². The van der Waals surface area contributed by atoms with E-state index in [1.54, 1.807) is 7.05 Å². The summed E-state index contributed by atoms with van der Waals surface area (Å²) in [7, 11) is 3.01. The van der Waals surface area contributed by atoms with Gasteiger partial charge >= 0.3 is 0 Å². The average Bonchev–Trinajstić information content (AvgIpc) is 2.66. The van der Waals surface area contributed by atoms with Crippen LogP contribution in [0, 0.1) is 0 Å². The molecule has 1 amide bonds. The molecule has 11 heavy (non-hydrogen) atoms. The van der Waals surface area contributed by atoms with Gasteiger partial charge in [-0.05, 0) is 12.8 Å². The second-order valence-electron chi connectivity index (χ2n) is 2.64. The monoisotopic (exact) mass is 180 g/mol. The Labute approximate surface area is 72.0 Å². The highest BCUT2D eigenvalue weighted by atomic mass is 35.5. The summed E-state index contributed by atoms with van der Waals surface area (Å²) in [5.41, 5.74) is 4.99. The number of hydrogen-bond donors (Lipinski definition) is 1. The molecular formula is C6H13ClN2O2. The molecule has 4 nitrogen and oxygen atoms in total. The van der Waals surface area contributed by atoms with Crippen molar-refractivity contribution >= 4 is 18.3 Å². The van der Waals surface area contributed by atoms with Crippen molar-refractivity contribution in [1.29, 1.82) is 0 Å². The number of halogens is 1. The minimum atomic E-state index is -0.606. The minimum absolute atomic E-state index is 0. The van der Waals surface area contributed by atoms with Crippen LogP contribution in [0.25, 0.3) is 0 Å². The van der Waals surface area contributed by atoms with Gasteiger partial charge in [0.25, 0.3) is 5.91 Å². The molecule has 0 aliphatic heterocycles. The maximum Gasteiger partial charge on any atom is 0.265 e. The van der Waals surface area contributed by atoms with Crippen LogP contribution in [0.3, 0.4) is 0 Å². The lowest BCUT2D eigenvalue weighted by atomic mass is 10.3. The average molecular weight is 181 g/mol. The molecule has 1 fully saturated rings. The van der Waals surface area contributed by atoms with Crippen molar-refractivity contribution in [2.45, 2.75) is 18.4 Å². The lowest BCUT2D eigenvalue weighted by Crippen LogP contribution is -2.43. The molecule has 1 aliphatic carbocycles. The topological polar surface area (TPSA) is 55.6 Å². The van der Waals surface area contributed by atoms with Gasteiger partial charge in [-0.15, -0.1) is 12.4 Å². The first-order valence-corrected chi connectivity index (χ1v) is 3.21. The Morgan fingerprint density at radius 1 is 1.64 bits per heavy atom. The molecule has 0 aromatic rings. The molecular weight excluding hydrogens is 168 g/mol. The highest BCUT2D eigenvalue weighted by Gasteiger charge is 2.47. The van der Waals surface area contributed by atoms with Crippen molar-refractivity contribution in [3.63, 3.8) is 0 Å². The zero-order valence-electron chi connectivity index (χ0n) is 6.66. The SMILES string of the molecule is CON(C)C(=O)C1(N)CC1.Cl. The zero-order chi connectivity index (χ0) is 7.78. The van der Waals surface area contributed by atoms with E-state index < -0.39 is 5.54 Å². The molecule has 0 radical (unpaired) electrons. The fourth-order valence-corrected chi connectivity index (χ4v) is 0.745. The number of nitrogens with zero attached hydrogens (tertiary/aromatic N) is 1. The zero-order valence-corrected chi connectivity index (χ0v) is 7.48. The summed E-state index contributed by atoms with van der Waals surface area (Å²) in [6.07, 6.45) is 1.55. The van der Waals surface area contributed by atoms with Gasteiger partial charge in [-0.1, -0.05) is 0 Å². The largest absolute Gasteiger partial charge is 0.317 e. The molecule has 0 atom stereocenters. The third-order valence-corrected chi connectivity index (χ3v) is 1.77. The summed E-state index contributed by atoms with van der Waals surface area (Å²) < 4.78 is 0. The molecule has 1 saturated carbocycles. The molecule has 0 saturated heterocycles. The third-order valence-electron chi connectivity index (χ3n) is 1.77. The van der Waals surface area contributed by atoms with Crippen LogP contribution in [0.15, 0.2) is 0 Å². The first-order chi connectivity index (χ1) is 4.60. The number of carbonyl (C=O) groups excluding carboxylic acids is 1. The summed E-state index contributed by atoms with van der Waals surface area (Å²) in [6, 6.07) is 0. The van der Waals surface area contributed by atoms with Gasteiger partial charge in [-0.2, -0.15) is 0 Å². The predicted octanol–water partition coefficient (Wildman–Crippen LogP) is -0.0807. The highest BCUT2D eigenvalue weighted by Crippen LogP contribution is 2.33. The highest BCUT2D eigenvalue weighted by molar-refractivity contribution is 5.88. The maximum absolute atomic E-state index is 11.1. The third kappa shape index (κ3) is 2.05. The van der Waals surface area contributed by atoms with Crippen molar-refractivity contribution in [2.75, 3.05) is 14.2 Å². The first-order valence-electron chi connectivity index (χ1n) is 3.21. The number of hydroxylamine groups is 2. The summed E-state index contributed by atoms with van der Waals surface area (Å²) in [4.78, 5) is 15.8. The van der Waals surface area contributed by atoms with Crippen molar-refractivity contribution in [3.05, 3.63) is 0 Å². The summed E-state index contributed by atoms with van der Waals surface area (Å²) in [5.74, 6) is -0.130. The standard InChI is InChI=1S/C6H12N2O2.ClH/c1-8(10-2)5(9)6(7)3-4-6;/h3-4,7H2,1-2H3;1H. The molecule has 1 rings (SSSR count). The van der Waals surface area contributed by atoms with Gasteiger partial charge in [0.2, 0.25) is 0 Å². The molecule has 66 valence electrons. The van der Waals surface area contributed by atoms with Crippen LogP contribution in [0.1, 0.15) is 12.8 Å². The molecule has 0 spiro atoms. The van der Waals surface area contributed by atoms with Crippen LogP contribution < -0.4 is 5.73 Å². The van der Waals surface area contributed by atoms with Gasteiger partial charge in [0.05, 0.1) is 12.6 Å². The first kappa shape index (κ1) is 10.7. The van der Waals surface area contributed by atoms with Crippen molar-refractivity contribution in [2.24, 2.45) is 5.73 Å². The lowest BCUT2D eigenvalue weighted by Gasteiger charge is -2.17. The number of nitrogens with two attached hydrogens (primary N) is 1. The van der Waals surface area contributed by atoms with E-state index in [4.69, 9.17) is 5.73 Å². The number of likely N-dealkylation sites (N-methyl/N-ethyl adjacent to an activating group) is 1. The predicted molar refractivity (Wildman–Crippen MR) is 43.2 cm³/mol. The van der Waals surface area contributed by atoms with Crippen molar-refractivity contribution < 1.29 is 9.63 Å². The van der Waals surface area contributed by atoms with Crippen LogP contribution >= 0.6 is 12.4 Å². The smallest absolute Gasteiger partial charge is 0.265 e. The Balaban J connectivity index is 0.000001000. The van der Waals surface area contributed by atoms with Crippen LogP contribution in [0.4, 0.5) is 0 Å². The van der Waals surface area contributed by atoms with E-state index in [1.807, 2.05) is 0 Å². The second kappa shape index (κ2) is 3.38. The van der Waals surface area contributed by atoms with Gasteiger partial charge in [0.1, 0.15) is 0 Å². The van der Waals surface area contributed by atoms with E-state index in [0.717, 1.165) is 12.8 Å². The van der Waals surface area contributed by atoms with E-state index in [0.29, 0.717) is 0 Å². The Morgan fingerprint density at radius 2 is 2.09 bits per heavy atom. The Morgan fingerprint density at radius 3 is 2.36 bits per heavy atom. The number of amides is 1. The van der Waals surface area contributed by atoms with Gasteiger partial charge in [0, 0.05) is 7.05 Å².